The van der Waals surface area contributed by atoms with E-state index in [-0.39, 0.29) is 57.1 Å². The van der Waals surface area contributed by atoms with Gasteiger partial charge in [0.1, 0.15) is 11.7 Å². The molecule has 0 N–H and O–H groups in total. The van der Waals surface area contributed by atoms with Crippen molar-refractivity contribution >= 4 is 11.6 Å². The third-order valence-electron chi connectivity index (χ3n) is 11.4. The van der Waals surface area contributed by atoms with Crippen LogP contribution in [-0.4, -0.2) is 17.2 Å². The molecule has 0 bridgehead atoms. The molecule has 33 heavy (non-hydrogen) atoms. The minimum absolute atomic E-state index is 0.0525. The fourth-order valence-electron chi connectivity index (χ4n) is 9.19. The van der Waals surface area contributed by atoms with Crippen molar-refractivity contribution in [3.63, 3.8) is 0 Å². The number of alkyl halides is 1. The van der Waals surface area contributed by atoms with Gasteiger partial charge >= 0.3 is 0 Å². The lowest BCUT2D eigenvalue weighted by Gasteiger charge is -2.67. The van der Waals surface area contributed by atoms with Crippen LogP contribution in [0, 0.1) is 56.7 Å². The minimum Gasteiger partial charge on any atom is -0.295 e. The van der Waals surface area contributed by atoms with Crippen molar-refractivity contribution in [2.24, 2.45) is 45.3 Å². The smallest absolute Gasteiger partial charge is 0.176 e. The highest BCUT2D eigenvalue weighted by atomic mass is 19.1. The molecular formula is C29H38FNO2. The molecular weight excluding hydrogens is 413 g/mol. The predicted molar refractivity (Wildman–Crippen MR) is 126 cm³/mol. The Morgan fingerprint density at radius 3 is 2.33 bits per heavy atom. The van der Waals surface area contributed by atoms with E-state index in [1.54, 1.807) is 0 Å². The molecule has 0 aliphatic heterocycles. The van der Waals surface area contributed by atoms with Crippen LogP contribution in [0.3, 0.4) is 0 Å². The van der Waals surface area contributed by atoms with Gasteiger partial charge in [-0.25, -0.2) is 4.39 Å². The molecule has 5 aliphatic rings. The van der Waals surface area contributed by atoms with E-state index < -0.39 is 11.1 Å². The Balaban J connectivity index is 1.68. The summed E-state index contributed by atoms with van der Waals surface area (Å²) in [7, 11) is 0. The van der Waals surface area contributed by atoms with E-state index in [0.29, 0.717) is 19.3 Å². The van der Waals surface area contributed by atoms with Crippen LogP contribution in [0.4, 0.5) is 4.39 Å². The maximum atomic E-state index is 16.3. The van der Waals surface area contributed by atoms with E-state index in [2.05, 4.69) is 40.7 Å². The number of fused-ring (bicyclic) bond motifs is 7. The molecule has 0 spiro atoms. The van der Waals surface area contributed by atoms with Gasteiger partial charge in [-0.05, 0) is 73.2 Å². The highest BCUT2D eigenvalue weighted by Crippen LogP contribution is 2.72. The van der Waals surface area contributed by atoms with E-state index in [0.717, 1.165) is 31.3 Å². The quantitative estimate of drug-likeness (QED) is 0.420. The van der Waals surface area contributed by atoms with Gasteiger partial charge in [0.15, 0.2) is 11.6 Å². The first kappa shape index (κ1) is 23.0. The summed E-state index contributed by atoms with van der Waals surface area (Å²) in [5.41, 5.74) is -0.937. The molecule has 4 heteroatoms. The van der Waals surface area contributed by atoms with Gasteiger partial charge in [0.2, 0.25) is 0 Å². The largest absolute Gasteiger partial charge is 0.295 e. The molecule has 0 saturated heterocycles. The second-order valence-corrected chi connectivity index (χ2v) is 13.4. The van der Waals surface area contributed by atoms with Crippen molar-refractivity contribution in [2.75, 3.05) is 0 Å². The van der Waals surface area contributed by atoms with Gasteiger partial charge in [-0.2, -0.15) is 5.26 Å². The fourth-order valence-corrected chi connectivity index (χ4v) is 9.19. The number of nitrogens with zero attached hydrogens (tertiary/aromatic N) is 1. The lowest BCUT2D eigenvalue weighted by atomic mass is 9.36. The number of Topliss-reactive ketones (excluding diaryl/α,β-unsaturated/α-hetero) is 1. The summed E-state index contributed by atoms with van der Waals surface area (Å²) in [6.07, 6.45) is 8.96. The van der Waals surface area contributed by atoms with Gasteiger partial charge in [0.25, 0.3) is 0 Å². The number of hydrogen-bond acceptors (Lipinski definition) is 3. The predicted octanol–water partition coefficient (Wildman–Crippen LogP) is 6.54. The molecule has 5 aliphatic carbocycles. The Morgan fingerprint density at radius 2 is 1.67 bits per heavy atom. The van der Waals surface area contributed by atoms with Crippen molar-refractivity contribution in [1.29, 1.82) is 5.26 Å². The maximum absolute atomic E-state index is 16.3. The SMILES string of the molecule is C[C@@H]1C(=O)C(C#N)=C[C@]2(C)C3=CC(=O)C4[C@H]5CC(C)(C)CC[C@]5(F)CC[C@@]4(C)[C@]3(C)CCC12. The number of hydrogen-bond donors (Lipinski definition) is 0. The van der Waals surface area contributed by atoms with Crippen LogP contribution in [0.5, 0.6) is 0 Å². The number of halogens is 1. The van der Waals surface area contributed by atoms with Crippen LogP contribution in [-0.2, 0) is 9.59 Å². The lowest BCUT2D eigenvalue weighted by molar-refractivity contribution is -0.173. The highest BCUT2D eigenvalue weighted by molar-refractivity contribution is 6.02. The number of allylic oxidation sites excluding steroid dienone is 4. The van der Waals surface area contributed by atoms with Crippen LogP contribution < -0.4 is 0 Å². The van der Waals surface area contributed by atoms with Crippen LogP contribution in [0.2, 0.25) is 0 Å². The zero-order valence-corrected chi connectivity index (χ0v) is 21.1. The van der Waals surface area contributed by atoms with Crippen molar-refractivity contribution in [2.45, 2.75) is 92.2 Å². The zero-order chi connectivity index (χ0) is 24.2. The van der Waals surface area contributed by atoms with Crippen LogP contribution in [0.25, 0.3) is 0 Å². The van der Waals surface area contributed by atoms with E-state index in [9.17, 15) is 14.9 Å². The molecule has 0 aromatic heterocycles. The molecule has 2 unspecified atom stereocenters. The van der Waals surface area contributed by atoms with Gasteiger partial charge in [0, 0.05) is 23.2 Å². The molecule has 0 aromatic carbocycles. The van der Waals surface area contributed by atoms with Crippen molar-refractivity contribution in [1.82, 2.24) is 0 Å². The Morgan fingerprint density at radius 1 is 1.00 bits per heavy atom. The number of ketones is 2. The third kappa shape index (κ3) is 2.77. The molecule has 8 atom stereocenters. The topological polar surface area (TPSA) is 57.9 Å². The monoisotopic (exact) mass is 451 g/mol. The van der Waals surface area contributed by atoms with Gasteiger partial charge in [0.05, 0.1) is 5.57 Å². The summed E-state index contributed by atoms with van der Waals surface area (Å²) in [5, 5.41) is 9.67. The van der Waals surface area contributed by atoms with E-state index in [1.165, 1.54) is 0 Å². The van der Waals surface area contributed by atoms with Gasteiger partial charge in [-0.3, -0.25) is 9.59 Å². The first-order chi connectivity index (χ1) is 15.2. The van der Waals surface area contributed by atoms with Crippen molar-refractivity contribution < 1.29 is 14.0 Å². The maximum Gasteiger partial charge on any atom is 0.176 e. The summed E-state index contributed by atoms with van der Waals surface area (Å²) >= 11 is 0. The van der Waals surface area contributed by atoms with E-state index in [1.807, 2.05) is 19.1 Å². The highest BCUT2D eigenvalue weighted by Gasteiger charge is 2.69. The first-order valence-corrected chi connectivity index (χ1v) is 12.9. The van der Waals surface area contributed by atoms with Gasteiger partial charge in [-0.15, -0.1) is 0 Å². The van der Waals surface area contributed by atoms with Crippen LogP contribution in [0.1, 0.15) is 86.5 Å². The average molecular weight is 452 g/mol. The molecule has 3 fully saturated rings. The molecule has 178 valence electrons. The lowest BCUT2D eigenvalue weighted by Crippen LogP contribution is -2.64. The minimum atomic E-state index is -1.24. The summed E-state index contributed by atoms with van der Waals surface area (Å²) in [6.45, 7) is 13.0. The Labute approximate surface area is 197 Å². The first-order valence-electron chi connectivity index (χ1n) is 12.9. The fraction of sp³-hybridized carbons (Fsp3) is 0.759. The van der Waals surface area contributed by atoms with Gasteiger partial charge in [-0.1, -0.05) is 53.2 Å². The number of rotatable bonds is 0. The average Bonchev–Trinajstić information content (AvgIpc) is 2.74. The third-order valence-corrected chi connectivity index (χ3v) is 11.4. The second-order valence-electron chi connectivity index (χ2n) is 13.4. The summed E-state index contributed by atoms with van der Waals surface area (Å²) in [4.78, 5) is 26.7. The number of carbonyl (C=O) groups is 2. The Kier molecular flexibility index (Phi) is 4.65. The zero-order valence-electron chi connectivity index (χ0n) is 21.1. The molecule has 0 radical (unpaired) electrons. The van der Waals surface area contributed by atoms with E-state index in [4.69, 9.17) is 0 Å². The summed E-state index contributed by atoms with van der Waals surface area (Å²) in [6, 6.07) is 2.13. The molecule has 5 rings (SSSR count). The Hall–Kier alpha value is -1.76. The standard InChI is InChI=1S/C29H38FNO2/c1-17-19-7-8-27(5)22(26(19,4)14-18(16-31)24(17)33)13-21(32)23-20-15-25(2,3)9-11-29(20,30)12-10-28(23,27)6/h13-14,17,19-20,23H,7-12,15H2,1-6H3/t17-,19?,20+,23?,26-,27+,28+,29-/m0/s1. The second kappa shape index (κ2) is 6.67. The molecule has 0 aromatic rings. The Bertz CT molecular complexity index is 1050. The van der Waals surface area contributed by atoms with Crippen molar-refractivity contribution in [3.8, 4) is 6.07 Å². The molecule has 0 heterocycles. The van der Waals surface area contributed by atoms with Crippen molar-refractivity contribution in [3.05, 3.63) is 23.3 Å². The molecule has 0 amide bonds. The van der Waals surface area contributed by atoms with Crippen LogP contribution in [0.15, 0.2) is 23.3 Å². The van der Waals surface area contributed by atoms with Crippen LogP contribution >= 0.6 is 0 Å². The summed E-state index contributed by atoms with van der Waals surface area (Å²) < 4.78 is 16.3. The molecule has 3 saturated carbocycles. The molecule has 3 nitrogen and oxygen atoms in total. The number of nitriles is 1. The van der Waals surface area contributed by atoms with Gasteiger partial charge < -0.3 is 0 Å². The normalized spacial score (nSPS) is 50.6. The summed E-state index contributed by atoms with van der Waals surface area (Å²) in [5.74, 6) is -0.666. The van der Waals surface area contributed by atoms with E-state index >= 15 is 4.39 Å². The number of carbonyl (C=O) groups excluding carboxylic acids is 2.